The van der Waals surface area contributed by atoms with Crippen molar-refractivity contribution in [1.82, 2.24) is 15.4 Å². The van der Waals surface area contributed by atoms with E-state index in [1.54, 1.807) is 13.0 Å². The average molecular weight is 296 g/mol. The molecular formula is C12H16N4O5. The summed E-state index contributed by atoms with van der Waals surface area (Å²) in [4.78, 5) is 35.6. The highest BCUT2D eigenvalue weighted by molar-refractivity contribution is 5.90. The quantitative estimate of drug-likeness (QED) is 0.649. The van der Waals surface area contributed by atoms with Crippen LogP contribution in [0.1, 0.15) is 12.2 Å². The van der Waals surface area contributed by atoms with Crippen LogP contribution >= 0.6 is 0 Å². The van der Waals surface area contributed by atoms with Crippen molar-refractivity contribution >= 4 is 23.6 Å². The smallest absolute Gasteiger partial charge is 0.322 e. The van der Waals surface area contributed by atoms with Crippen molar-refractivity contribution in [1.29, 1.82) is 0 Å². The van der Waals surface area contributed by atoms with Crippen LogP contribution < -0.4 is 10.6 Å². The summed E-state index contributed by atoms with van der Waals surface area (Å²) in [6.45, 7) is 1.88. The molecule has 2 amide bonds. The molecule has 2 heterocycles. The molecule has 1 aromatic rings. The third-order valence-electron chi connectivity index (χ3n) is 3.09. The van der Waals surface area contributed by atoms with Gasteiger partial charge in [-0.05, 0) is 6.92 Å². The first-order valence-corrected chi connectivity index (χ1v) is 6.42. The fourth-order valence-electron chi connectivity index (χ4n) is 2.04. The summed E-state index contributed by atoms with van der Waals surface area (Å²) in [5.41, 5.74) is 0. The molecule has 1 aliphatic heterocycles. The van der Waals surface area contributed by atoms with Crippen molar-refractivity contribution < 1.29 is 24.0 Å². The van der Waals surface area contributed by atoms with E-state index in [9.17, 15) is 14.4 Å². The lowest BCUT2D eigenvalue weighted by Crippen LogP contribution is -2.57. The van der Waals surface area contributed by atoms with E-state index in [0.717, 1.165) is 0 Å². The van der Waals surface area contributed by atoms with Gasteiger partial charge >= 0.3 is 5.97 Å². The van der Waals surface area contributed by atoms with E-state index >= 15 is 0 Å². The van der Waals surface area contributed by atoms with Gasteiger partial charge in [-0.2, -0.15) is 0 Å². The number of nitrogens with one attached hydrogen (secondary N) is 2. The maximum Gasteiger partial charge on any atom is 0.322 e. The number of carbonyl (C=O) groups excluding carboxylic acids is 2. The largest absolute Gasteiger partial charge is 0.480 e. The van der Waals surface area contributed by atoms with Crippen LogP contribution in [0.15, 0.2) is 10.6 Å². The maximum absolute atomic E-state index is 11.8. The summed E-state index contributed by atoms with van der Waals surface area (Å²) in [5, 5.41) is 17.7. The predicted molar refractivity (Wildman–Crippen MR) is 70.5 cm³/mol. The summed E-state index contributed by atoms with van der Waals surface area (Å²) in [5.74, 6) is -0.714. The minimum absolute atomic E-state index is 0.0344. The third kappa shape index (κ3) is 4.02. The minimum Gasteiger partial charge on any atom is -0.480 e. The summed E-state index contributed by atoms with van der Waals surface area (Å²) in [7, 11) is 0. The molecule has 0 aliphatic carbocycles. The van der Waals surface area contributed by atoms with Crippen LogP contribution in [0.25, 0.3) is 0 Å². The molecular weight excluding hydrogens is 280 g/mol. The van der Waals surface area contributed by atoms with Gasteiger partial charge in [0, 0.05) is 25.6 Å². The van der Waals surface area contributed by atoms with E-state index in [-0.39, 0.29) is 37.9 Å². The number of carbonyl (C=O) groups is 3. The lowest BCUT2D eigenvalue weighted by molar-refractivity contribution is -0.146. The highest BCUT2D eigenvalue weighted by Crippen LogP contribution is 2.09. The van der Waals surface area contributed by atoms with E-state index in [4.69, 9.17) is 9.63 Å². The number of hydrogen-bond acceptors (Lipinski definition) is 6. The Bertz CT molecular complexity index is 556. The van der Waals surface area contributed by atoms with Crippen molar-refractivity contribution in [2.75, 3.05) is 25.0 Å². The van der Waals surface area contributed by atoms with Crippen molar-refractivity contribution in [3.8, 4) is 0 Å². The molecule has 1 aliphatic rings. The molecule has 21 heavy (non-hydrogen) atoms. The van der Waals surface area contributed by atoms with E-state index in [0.29, 0.717) is 11.6 Å². The number of hydrogen-bond donors (Lipinski definition) is 3. The molecule has 0 bridgehead atoms. The van der Waals surface area contributed by atoms with Gasteiger partial charge in [-0.25, -0.2) is 0 Å². The van der Waals surface area contributed by atoms with Gasteiger partial charge in [-0.1, -0.05) is 5.16 Å². The molecule has 0 saturated carbocycles. The third-order valence-corrected chi connectivity index (χ3v) is 3.09. The number of rotatable bonds is 5. The zero-order valence-corrected chi connectivity index (χ0v) is 11.5. The number of aliphatic carboxylic acids is 1. The monoisotopic (exact) mass is 296 g/mol. The van der Waals surface area contributed by atoms with Gasteiger partial charge in [-0.15, -0.1) is 0 Å². The van der Waals surface area contributed by atoms with Crippen molar-refractivity contribution in [3.63, 3.8) is 0 Å². The molecule has 3 N–H and O–H groups in total. The molecule has 0 aromatic carbocycles. The fraction of sp³-hybridized carbons (Fsp3) is 0.500. The zero-order chi connectivity index (χ0) is 15.4. The second-order valence-corrected chi connectivity index (χ2v) is 4.75. The molecule has 114 valence electrons. The Hall–Kier alpha value is -2.42. The van der Waals surface area contributed by atoms with Gasteiger partial charge in [0.05, 0.1) is 6.54 Å². The van der Waals surface area contributed by atoms with Gasteiger partial charge in [0.1, 0.15) is 11.8 Å². The predicted octanol–water partition coefficient (Wildman–Crippen LogP) is -0.803. The molecule has 9 heteroatoms. The Balaban J connectivity index is 1.86. The van der Waals surface area contributed by atoms with Crippen LogP contribution in [-0.2, 0) is 14.4 Å². The van der Waals surface area contributed by atoms with E-state index < -0.39 is 12.0 Å². The van der Waals surface area contributed by atoms with Crippen LogP contribution in [0.5, 0.6) is 0 Å². The highest BCUT2D eigenvalue weighted by atomic mass is 16.5. The van der Waals surface area contributed by atoms with E-state index in [1.165, 1.54) is 4.90 Å². The number of carboxylic acid groups (broad SMARTS) is 1. The lowest BCUT2D eigenvalue weighted by Gasteiger charge is -2.32. The topological polar surface area (TPSA) is 125 Å². The number of anilines is 1. The van der Waals surface area contributed by atoms with Crippen molar-refractivity contribution in [3.05, 3.63) is 11.8 Å². The molecule has 1 saturated heterocycles. The minimum atomic E-state index is -1.03. The molecule has 1 unspecified atom stereocenters. The number of aryl methyl sites for hydroxylation is 1. The normalized spacial score (nSPS) is 19.1. The zero-order valence-electron chi connectivity index (χ0n) is 11.5. The maximum atomic E-state index is 11.8. The molecule has 0 radical (unpaired) electrons. The summed E-state index contributed by atoms with van der Waals surface area (Å²) in [6, 6.07) is 0.761. The lowest BCUT2D eigenvalue weighted by atomic mass is 10.1. The molecule has 9 nitrogen and oxygen atoms in total. The molecule has 1 atom stereocenters. The summed E-state index contributed by atoms with van der Waals surface area (Å²) < 4.78 is 4.82. The number of amides is 2. The second-order valence-electron chi connectivity index (χ2n) is 4.75. The highest BCUT2D eigenvalue weighted by Gasteiger charge is 2.31. The molecule has 1 fully saturated rings. The van der Waals surface area contributed by atoms with Crippen LogP contribution in [-0.4, -0.2) is 58.6 Å². The van der Waals surface area contributed by atoms with Gasteiger partial charge in [0.2, 0.25) is 11.8 Å². The Morgan fingerprint density at radius 1 is 1.62 bits per heavy atom. The van der Waals surface area contributed by atoms with Crippen LogP contribution in [0, 0.1) is 6.92 Å². The van der Waals surface area contributed by atoms with Gasteiger partial charge in [0.15, 0.2) is 5.82 Å². The van der Waals surface area contributed by atoms with Crippen LogP contribution in [0.2, 0.25) is 0 Å². The molecule has 1 aromatic heterocycles. The standard InChI is InChI=1S/C12H16N4O5/c1-7-4-9(15-21-7)14-10(17)2-3-16-6-11(18)13-5-8(16)12(19)20/h4,8H,2-3,5-6H2,1H3,(H,13,18)(H,19,20)(H,14,15,17). The van der Waals surface area contributed by atoms with E-state index in [1.807, 2.05) is 0 Å². The Kier molecular flexibility index (Phi) is 4.53. The van der Waals surface area contributed by atoms with Crippen LogP contribution in [0.3, 0.4) is 0 Å². The SMILES string of the molecule is Cc1cc(NC(=O)CCN2CC(=O)NCC2C(=O)O)no1. The number of piperazine rings is 1. The van der Waals surface area contributed by atoms with Crippen molar-refractivity contribution in [2.45, 2.75) is 19.4 Å². The first-order chi connectivity index (χ1) is 9.95. The van der Waals surface area contributed by atoms with Gasteiger partial charge in [0.25, 0.3) is 0 Å². The number of aromatic nitrogens is 1. The Morgan fingerprint density at radius 2 is 2.38 bits per heavy atom. The fourth-order valence-corrected chi connectivity index (χ4v) is 2.04. The Labute approximate surface area is 120 Å². The molecule has 2 rings (SSSR count). The second kappa shape index (κ2) is 6.35. The van der Waals surface area contributed by atoms with Gasteiger partial charge < -0.3 is 20.3 Å². The number of carboxylic acids is 1. The summed E-state index contributed by atoms with van der Waals surface area (Å²) in [6.07, 6.45) is 0.0585. The van der Waals surface area contributed by atoms with E-state index in [2.05, 4.69) is 15.8 Å². The van der Waals surface area contributed by atoms with Crippen molar-refractivity contribution in [2.24, 2.45) is 0 Å². The molecule has 0 spiro atoms. The number of nitrogens with zero attached hydrogens (tertiary/aromatic N) is 2. The first kappa shape index (κ1) is 15.0. The van der Waals surface area contributed by atoms with Gasteiger partial charge in [-0.3, -0.25) is 19.3 Å². The Morgan fingerprint density at radius 3 is 3.00 bits per heavy atom. The summed E-state index contributed by atoms with van der Waals surface area (Å²) >= 11 is 0. The first-order valence-electron chi connectivity index (χ1n) is 6.42. The average Bonchev–Trinajstić information content (AvgIpc) is 2.81. The van der Waals surface area contributed by atoms with Crippen LogP contribution in [0.4, 0.5) is 5.82 Å².